The molecule has 1 aliphatic carbocycles. The van der Waals surface area contributed by atoms with Gasteiger partial charge in [-0.2, -0.15) is 8.78 Å². The molecule has 34 heavy (non-hydrogen) atoms. The summed E-state index contributed by atoms with van der Waals surface area (Å²) >= 11 is 0. The van der Waals surface area contributed by atoms with Gasteiger partial charge in [0.1, 0.15) is 6.61 Å². The molecular weight excluding hydrogens is 448 g/mol. The number of benzene rings is 2. The van der Waals surface area contributed by atoms with Crippen LogP contribution in [0.2, 0.25) is 0 Å². The standard InChI is InChI=1S/C27H28F4O3/c1-16(32-3)24(28)25(29)17(2)34-15-18-5-7-19(8-6-18)22-13-14-23(27(31)26(22)30)20-9-11-21(33-4)12-10-20/h5-8,13-14,20-21H,1-2,9-12,15H2,3-4H3/b25-24-. The number of halogens is 4. The van der Waals surface area contributed by atoms with Crippen LogP contribution in [0.1, 0.15) is 42.7 Å². The highest BCUT2D eigenvalue weighted by Gasteiger charge is 2.26. The Bertz CT molecular complexity index is 1070. The van der Waals surface area contributed by atoms with E-state index in [0.717, 1.165) is 32.8 Å². The van der Waals surface area contributed by atoms with E-state index < -0.39 is 34.8 Å². The summed E-state index contributed by atoms with van der Waals surface area (Å²) in [5.41, 5.74) is 1.65. The number of ether oxygens (including phenoxy) is 3. The lowest BCUT2D eigenvalue weighted by Gasteiger charge is -2.28. The molecule has 0 aromatic heterocycles. The van der Waals surface area contributed by atoms with Crippen LogP contribution in [0, 0.1) is 11.6 Å². The smallest absolute Gasteiger partial charge is 0.203 e. The van der Waals surface area contributed by atoms with E-state index in [2.05, 4.69) is 17.9 Å². The van der Waals surface area contributed by atoms with Crippen LogP contribution >= 0.6 is 0 Å². The van der Waals surface area contributed by atoms with Crippen LogP contribution in [0.3, 0.4) is 0 Å². The molecule has 182 valence electrons. The zero-order chi connectivity index (χ0) is 24.8. The van der Waals surface area contributed by atoms with Crippen LogP contribution in [0.4, 0.5) is 17.6 Å². The van der Waals surface area contributed by atoms with Crippen LogP contribution in [-0.2, 0) is 20.8 Å². The van der Waals surface area contributed by atoms with Crippen molar-refractivity contribution >= 4 is 0 Å². The Morgan fingerprint density at radius 3 is 2.06 bits per heavy atom. The fourth-order valence-corrected chi connectivity index (χ4v) is 4.06. The van der Waals surface area contributed by atoms with E-state index in [1.54, 1.807) is 43.5 Å². The third kappa shape index (κ3) is 5.70. The van der Waals surface area contributed by atoms with E-state index in [4.69, 9.17) is 9.47 Å². The van der Waals surface area contributed by atoms with Gasteiger partial charge in [-0.1, -0.05) is 49.6 Å². The van der Waals surface area contributed by atoms with E-state index >= 15 is 0 Å². The van der Waals surface area contributed by atoms with Gasteiger partial charge in [0.2, 0.25) is 11.7 Å². The van der Waals surface area contributed by atoms with Crippen LogP contribution in [0.15, 0.2) is 72.7 Å². The number of hydrogen-bond donors (Lipinski definition) is 0. The Labute approximate surface area is 197 Å². The van der Waals surface area contributed by atoms with Crippen molar-refractivity contribution < 1.29 is 31.8 Å². The average Bonchev–Trinajstić information content (AvgIpc) is 2.88. The maximum absolute atomic E-state index is 14.9. The van der Waals surface area contributed by atoms with Gasteiger partial charge in [0, 0.05) is 12.7 Å². The lowest BCUT2D eigenvalue weighted by Crippen LogP contribution is -2.20. The van der Waals surface area contributed by atoms with E-state index in [9.17, 15) is 17.6 Å². The van der Waals surface area contributed by atoms with Gasteiger partial charge in [0.25, 0.3) is 0 Å². The second-order valence-electron chi connectivity index (χ2n) is 8.20. The minimum atomic E-state index is -1.31. The quantitative estimate of drug-likeness (QED) is 0.211. The summed E-state index contributed by atoms with van der Waals surface area (Å²) < 4.78 is 72.6. The molecule has 0 saturated heterocycles. The molecule has 3 nitrogen and oxygen atoms in total. The SMILES string of the molecule is C=C(OC)/C(F)=C(/F)C(=C)OCc1ccc(-c2ccc(C3CCC(OC)CC3)c(F)c2F)cc1. The highest BCUT2D eigenvalue weighted by Crippen LogP contribution is 2.37. The summed E-state index contributed by atoms with van der Waals surface area (Å²) in [6.45, 7) is 6.49. The zero-order valence-electron chi connectivity index (χ0n) is 19.3. The minimum absolute atomic E-state index is 0.0251. The van der Waals surface area contributed by atoms with Gasteiger partial charge in [-0.05, 0) is 48.3 Å². The molecule has 0 aliphatic heterocycles. The van der Waals surface area contributed by atoms with Crippen LogP contribution in [0.5, 0.6) is 0 Å². The molecule has 0 spiro atoms. The van der Waals surface area contributed by atoms with Crippen molar-refractivity contribution in [3.8, 4) is 11.1 Å². The third-order valence-corrected chi connectivity index (χ3v) is 6.17. The highest BCUT2D eigenvalue weighted by atomic mass is 19.2. The Hall–Kier alpha value is -3.06. The predicted molar refractivity (Wildman–Crippen MR) is 123 cm³/mol. The van der Waals surface area contributed by atoms with Gasteiger partial charge >= 0.3 is 0 Å². The number of methoxy groups -OCH3 is 2. The number of rotatable bonds is 9. The molecule has 0 unspecified atom stereocenters. The highest BCUT2D eigenvalue weighted by molar-refractivity contribution is 5.65. The predicted octanol–water partition coefficient (Wildman–Crippen LogP) is 7.65. The summed E-state index contributed by atoms with van der Waals surface area (Å²) in [4.78, 5) is 0. The molecule has 0 bridgehead atoms. The van der Waals surface area contributed by atoms with Crippen molar-refractivity contribution in [2.24, 2.45) is 0 Å². The summed E-state index contributed by atoms with van der Waals surface area (Å²) in [7, 11) is 2.83. The van der Waals surface area contributed by atoms with E-state index in [1.165, 1.54) is 0 Å². The van der Waals surface area contributed by atoms with Crippen molar-refractivity contribution in [2.45, 2.75) is 44.3 Å². The topological polar surface area (TPSA) is 27.7 Å². The van der Waals surface area contributed by atoms with E-state index in [1.807, 2.05) is 0 Å². The second kappa shape index (κ2) is 11.4. The van der Waals surface area contributed by atoms with Crippen molar-refractivity contribution in [3.63, 3.8) is 0 Å². The molecule has 7 heteroatoms. The molecule has 2 aromatic carbocycles. The summed E-state index contributed by atoms with van der Waals surface area (Å²) in [5, 5.41) is 0. The molecule has 1 aliphatic rings. The summed E-state index contributed by atoms with van der Waals surface area (Å²) in [6.07, 6.45) is 3.35. The number of hydrogen-bond acceptors (Lipinski definition) is 3. The van der Waals surface area contributed by atoms with Crippen molar-refractivity contribution in [3.05, 3.63) is 95.5 Å². The van der Waals surface area contributed by atoms with Crippen LogP contribution < -0.4 is 0 Å². The van der Waals surface area contributed by atoms with Crippen molar-refractivity contribution in [1.29, 1.82) is 0 Å². The zero-order valence-corrected chi connectivity index (χ0v) is 19.3. The van der Waals surface area contributed by atoms with Crippen LogP contribution in [-0.4, -0.2) is 20.3 Å². The lowest BCUT2D eigenvalue weighted by atomic mass is 9.82. The molecule has 0 amide bonds. The van der Waals surface area contributed by atoms with Crippen LogP contribution in [0.25, 0.3) is 11.1 Å². The fourth-order valence-electron chi connectivity index (χ4n) is 4.06. The average molecular weight is 477 g/mol. The Morgan fingerprint density at radius 2 is 1.47 bits per heavy atom. The second-order valence-corrected chi connectivity index (χ2v) is 8.20. The first-order valence-electron chi connectivity index (χ1n) is 11.0. The molecule has 0 radical (unpaired) electrons. The van der Waals surface area contributed by atoms with Crippen molar-refractivity contribution in [2.75, 3.05) is 14.2 Å². The molecule has 0 N–H and O–H groups in total. The first kappa shape index (κ1) is 25.6. The van der Waals surface area contributed by atoms with Gasteiger partial charge in [-0.15, -0.1) is 0 Å². The van der Waals surface area contributed by atoms with E-state index in [0.29, 0.717) is 16.7 Å². The van der Waals surface area contributed by atoms with Gasteiger partial charge in [0.15, 0.2) is 23.2 Å². The van der Waals surface area contributed by atoms with Gasteiger partial charge < -0.3 is 14.2 Å². The largest absolute Gasteiger partial charge is 0.494 e. The summed E-state index contributed by atoms with van der Waals surface area (Å²) in [5.74, 6) is -5.32. The molecule has 1 saturated carbocycles. The summed E-state index contributed by atoms with van der Waals surface area (Å²) in [6, 6.07) is 9.74. The van der Waals surface area contributed by atoms with Gasteiger partial charge in [0.05, 0.1) is 13.2 Å². The first-order valence-corrected chi connectivity index (χ1v) is 11.0. The fraction of sp³-hybridized carbons (Fsp3) is 0.333. The molecule has 0 heterocycles. The maximum Gasteiger partial charge on any atom is 0.203 e. The van der Waals surface area contributed by atoms with Gasteiger partial charge in [-0.3, -0.25) is 0 Å². The number of allylic oxidation sites excluding steroid dienone is 2. The third-order valence-electron chi connectivity index (χ3n) is 6.17. The minimum Gasteiger partial charge on any atom is -0.494 e. The maximum atomic E-state index is 14.9. The normalized spacial score (nSPS) is 18.8. The molecule has 2 aromatic rings. The molecule has 0 atom stereocenters. The molecule has 3 rings (SSSR count). The Morgan fingerprint density at radius 1 is 0.853 bits per heavy atom. The molecule has 1 fully saturated rings. The lowest BCUT2D eigenvalue weighted by molar-refractivity contribution is 0.0655. The van der Waals surface area contributed by atoms with Crippen molar-refractivity contribution in [1.82, 2.24) is 0 Å². The van der Waals surface area contributed by atoms with Gasteiger partial charge in [-0.25, -0.2) is 8.78 Å². The monoisotopic (exact) mass is 476 g/mol. The van der Waals surface area contributed by atoms with E-state index in [-0.39, 0.29) is 24.2 Å². The molecular formula is C27H28F4O3. The Kier molecular flexibility index (Phi) is 8.56. The Balaban J connectivity index is 1.68. The first-order chi connectivity index (χ1) is 16.3.